The van der Waals surface area contributed by atoms with E-state index in [2.05, 4.69) is 15.6 Å². The fourth-order valence-corrected chi connectivity index (χ4v) is 4.96. The Labute approximate surface area is 241 Å². The van der Waals surface area contributed by atoms with Crippen molar-refractivity contribution in [1.82, 2.24) is 20.5 Å². The number of alkyl carbamates (subject to hydrolysis) is 1. The van der Waals surface area contributed by atoms with E-state index in [9.17, 15) is 24.9 Å². The van der Waals surface area contributed by atoms with Crippen LogP contribution in [-0.2, 0) is 11.2 Å². The Kier molecular flexibility index (Phi) is 10.4. The minimum atomic E-state index is -1.38. The predicted octanol–water partition coefficient (Wildman–Crippen LogP) is 3.10. The molecule has 2 aromatic carbocycles. The number of aliphatic hydroxyl groups excluding tert-OH is 2. The van der Waals surface area contributed by atoms with Crippen molar-refractivity contribution in [3.8, 4) is 0 Å². The molecule has 0 aliphatic rings. The fourth-order valence-electron chi connectivity index (χ4n) is 4.96. The van der Waals surface area contributed by atoms with E-state index < -0.39 is 47.6 Å². The molecule has 4 atom stereocenters. The molecule has 224 valence electrons. The van der Waals surface area contributed by atoms with Gasteiger partial charge in [0.15, 0.2) is 0 Å². The lowest BCUT2D eigenvalue weighted by Gasteiger charge is -2.45. The summed E-state index contributed by atoms with van der Waals surface area (Å²) in [6.45, 7) is 10.5. The van der Waals surface area contributed by atoms with Gasteiger partial charge in [0.2, 0.25) is 0 Å². The number of benzene rings is 2. The average molecular weight is 568 g/mol. The van der Waals surface area contributed by atoms with E-state index in [1.807, 2.05) is 54.6 Å². The summed E-state index contributed by atoms with van der Waals surface area (Å²) in [5.41, 5.74) is 0.847. The van der Waals surface area contributed by atoms with Crippen molar-refractivity contribution in [2.45, 2.75) is 83.4 Å². The average Bonchev–Trinajstić information content (AvgIpc) is 3.29. The number of ether oxygens (including phenoxy) is 1. The van der Waals surface area contributed by atoms with Gasteiger partial charge in [-0.25, -0.2) is 4.79 Å². The Bertz CT molecular complexity index is 1280. The Balaban J connectivity index is 1.78. The third kappa shape index (κ3) is 8.94. The second kappa shape index (κ2) is 13.4. The van der Waals surface area contributed by atoms with Crippen LogP contribution in [0.15, 0.2) is 60.8 Å². The molecule has 0 spiro atoms. The summed E-state index contributed by atoms with van der Waals surface area (Å²) in [5, 5.41) is 41.4. The minimum Gasteiger partial charge on any atom is -0.530 e. The van der Waals surface area contributed by atoms with Gasteiger partial charge in [-0.3, -0.25) is 0 Å². The summed E-state index contributed by atoms with van der Waals surface area (Å²) in [6.07, 6.45) is -2.27. The largest absolute Gasteiger partial charge is 0.530 e. The zero-order valence-electron chi connectivity index (χ0n) is 24.7. The lowest BCUT2D eigenvalue weighted by Crippen LogP contribution is -2.61. The van der Waals surface area contributed by atoms with Crippen molar-refractivity contribution >= 4 is 23.1 Å². The molecular weight excluding hydrogens is 524 g/mol. The van der Waals surface area contributed by atoms with Crippen LogP contribution in [0.2, 0.25) is 0 Å². The first-order valence-electron chi connectivity index (χ1n) is 13.8. The molecule has 3 aromatic rings. The molecule has 0 unspecified atom stereocenters. The highest BCUT2D eigenvalue weighted by atomic mass is 16.6. The van der Waals surface area contributed by atoms with E-state index in [0.717, 1.165) is 16.5 Å². The van der Waals surface area contributed by atoms with E-state index in [1.165, 1.54) is 4.90 Å². The number of hydrogen-bond acceptors (Lipinski definition) is 7. The van der Waals surface area contributed by atoms with E-state index >= 15 is 0 Å². The van der Waals surface area contributed by atoms with Crippen LogP contribution in [0, 0.1) is 0 Å². The van der Waals surface area contributed by atoms with Gasteiger partial charge in [-0.1, -0.05) is 48.5 Å². The van der Waals surface area contributed by atoms with Gasteiger partial charge in [-0.2, -0.15) is 0 Å². The number of nitrogens with one attached hydrogen (secondary N) is 3. The van der Waals surface area contributed by atoms with Gasteiger partial charge in [-0.15, -0.1) is 0 Å². The van der Waals surface area contributed by atoms with Gasteiger partial charge in [0.05, 0.1) is 24.3 Å². The smallest absolute Gasteiger partial charge is 0.408 e. The highest BCUT2D eigenvalue weighted by molar-refractivity contribution is 5.84. The highest BCUT2D eigenvalue weighted by Crippen LogP contribution is 2.27. The third-order valence-electron chi connectivity index (χ3n) is 6.70. The summed E-state index contributed by atoms with van der Waals surface area (Å²) in [7, 11) is 0. The number of carbonyl (C=O) groups excluding carboxylic acids is 2. The molecule has 2 amide bonds. The van der Waals surface area contributed by atoms with Crippen LogP contribution < -0.4 is 15.7 Å². The number of carbonyl (C=O) groups is 2. The maximum atomic E-state index is 12.7. The Morgan fingerprint density at radius 2 is 1.56 bits per heavy atom. The number of aliphatic hydroxyl groups is 2. The van der Waals surface area contributed by atoms with Gasteiger partial charge in [0.1, 0.15) is 11.7 Å². The monoisotopic (exact) mass is 567 g/mol. The molecule has 10 heteroatoms. The summed E-state index contributed by atoms with van der Waals surface area (Å²) in [4.78, 5) is 29.2. The molecule has 0 aliphatic carbocycles. The molecule has 0 saturated carbocycles. The second-order valence-electron chi connectivity index (χ2n) is 12.3. The number of aromatic nitrogens is 1. The minimum absolute atomic E-state index is 0.00404. The van der Waals surface area contributed by atoms with Gasteiger partial charge < -0.3 is 45.4 Å². The van der Waals surface area contributed by atoms with Crippen molar-refractivity contribution in [2.75, 3.05) is 13.1 Å². The maximum absolute atomic E-state index is 12.7. The number of para-hydroxylation sites is 1. The van der Waals surface area contributed by atoms with Crippen molar-refractivity contribution in [3.63, 3.8) is 0 Å². The van der Waals surface area contributed by atoms with Crippen LogP contribution in [0.25, 0.3) is 10.9 Å². The number of fused-ring (bicyclic) bond motifs is 1. The normalized spacial score (nSPS) is 15.1. The second-order valence-corrected chi connectivity index (χ2v) is 12.3. The molecule has 0 bridgehead atoms. The van der Waals surface area contributed by atoms with Crippen LogP contribution in [0.1, 0.15) is 58.7 Å². The standard InChI is InChI=1S/C31H44N4O6/c1-30(2,3)35(29(39)40)24(16-20-12-8-7-9-13-20)25(36)18-32-19-26(37)27(34-28(38)41-31(4,5)6)22-17-33-23-15-11-10-14-21(22)23/h7-15,17,24-27,32-33,36-37H,16,18-19H2,1-6H3,(H,34,38)(H,39,40)/p-1/t24-,25+,26+,27-/m0/s1. The maximum Gasteiger partial charge on any atom is 0.408 e. The number of aromatic amines is 1. The summed E-state index contributed by atoms with van der Waals surface area (Å²) >= 11 is 0. The van der Waals surface area contributed by atoms with Gasteiger partial charge >= 0.3 is 6.09 Å². The van der Waals surface area contributed by atoms with Crippen LogP contribution in [0.4, 0.5) is 9.59 Å². The molecule has 41 heavy (non-hydrogen) atoms. The predicted molar refractivity (Wildman–Crippen MR) is 156 cm³/mol. The molecule has 1 aromatic heterocycles. The topological polar surface area (TPSA) is 150 Å². The first kappa shape index (κ1) is 31.9. The Morgan fingerprint density at radius 3 is 2.17 bits per heavy atom. The quantitative estimate of drug-likeness (QED) is 0.239. The molecule has 5 N–H and O–H groups in total. The van der Waals surface area contributed by atoms with E-state index in [0.29, 0.717) is 5.56 Å². The molecule has 0 saturated heterocycles. The Morgan fingerprint density at radius 1 is 0.951 bits per heavy atom. The molecule has 1 heterocycles. The van der Waals surface area contributed by atoms with Crippen molar-refractivity contribution < 1.29 is 29.6 Å². The Hall–Kier alpha value is -3.60. The molecular formula is C31H43N4O6-. The number of rotatable bonds is 11. The fraction of sp³-hybridized carbons (Fsp3) is 0.484. The van der Waals surface area contributed by atoms with Crippen LogP contribution in [0.3, 0.4) is 0 Å². The lowest BCUT2D eigenvalue weighted by molar-refractivity contribution is -0.275. The number of carboxylic acid groups (broad SMARTS) is 1. The number of amides is 2. The zero-order valence-corrected chi connectivity index (χ0v) is 24.7. The van der Waals surface area contributed by atoms with Crippen LogP contribution in [-0.4, -0.2) is 74.8 Å². The SMILES string of the molecule is CC(C)(C)OC(=O)N[C@@H](c1c[nH]c2ccccc12)[C@H](O)CNC[C@@H](O)[C@H](Cc1ccccc1)N(C(=O)[O-])C(C)(C)C. The van der Waals surface area contributed by atoms with Crippen LogP contribution >= 0.6 is 0 Å². The molecule has 0 fully saturated rings. The first-order valence-corrected chi connectivity index (χ1v) is 13.8. The van der Waals surface area contributed by atoms with Gasteiger partial charge in [-0.05, 0) is 59.6 Å². The van der Waals surface area contributed by atoms with E-state index in [1.54, 1.807) is 47.7 Å². The van der Waals surface area contributed by atoms with E-state index in [-0.39, 0.29) is 19.5 Å². The zero-order chi connectivity index (χ0) is 30.4. The molecule has 3 rings (SSSR count). The third-order valence-corrected chi connectivity index (χ3v) is 6.70. The lowest BCUT2D eigenvalue weighted by atomic mass is 9.94. The van der Waals surface area contributed by atoms with E-state index in [4.69, 9.17) is 4.74 Å². The highest BCUT2D eigenvalue weighted by Gasteiger charge is 2.34. The summed E-state index contributed by atoms with van der Waals surface area (Å²) in [6, 6.07) is 15.2. The summed E-state index contributed by atoms with van der Waals surface area (Å²) in [5.74, 6) is 0. The number of hydrogen-bond donors (Lipinski definition) is 5. The van der Waals surface area contributed by atoms with Gasteiger partial charge in [0.25, 0.3) is 0 Å². The molecule has 0 radical (unpaired) electrons. The van der Waals surface area contributed by atoms with Gasteiger partial charge in [0, 0.05) is 41.3 Å². The number of nitrogens with zero attached hydrogens (tertiary/aromatic N) is 1. The van der Waals surface area contributed by atoms with Crippen molar-refractivity contribution in [2.24, 2.45) is 0 Å². The summed E-state index contributed by atoms with van der Waals surface area (Å²) < 4.78 is 5.44. The molecule has 10 nitrogen and oxygen atoms in total. The molecule has 0 aliphatic heterocycles. The van der Waals surface area contributed by atoms with Crippen molar-refractivity contribution in [1.29, 1.82) is 0 Å². The number of H-pyrrole nitrogens is 1. The van der Waals surface area contributed by atoms with Crippen LogP contribution in [0.5, 0.6) is 0 Å². The van der Waals surface area contributed by atoms with Crippen molar-refractivity contribution in [3.05, 3.63) is 71.9 Å². The first-order chi connectivity index (χ1) is 19.2.